The predicted molar refractivity (Wildman–Crippen MR) is 81.6 cm³/mol. The van der Waals surface area contributed by atoms with Crippen LogP contribution in [0.25, 0.3) is 0 Å². The van der Waals surface area contributed by atoms with Gasteiger partial charge in [-0.1, -0.05) is 17.7 Å². The van der Waals surface area contributed by atoms with E-state index < -0.39 is 44.8 Å². The van der Waals surface area contributed by atoms with Crippen LogP contribution in [0.5, 0.6) is 0 Å². The number of carbonyl (C=O) groups is 2. The molecule has 0 aliphatic carbocycles. The van der Waals surface area contributed by atoms with Crippen LogP contribution >= 0.6 is 11.6 Å². The van der Waals surface area contributed by atoms with E-state index in [4.69, 9.17) is 21.1 Å². The van der Waals surface area contributed by atoms with Gasteiger partial charge in [-0.25, -0.2) is 12.8 Å². The van der Waals surface area contributed by atoms with Gasteiger partial charge in [0.25, 0.3) is 5.78 Å². The molecule has 2 rings (SSSR count). The Morgan fingerprint density at radius 1 is 1.42 bits per heavy atom. The summed E-state index contributed by atoms with van der Waals surface area (Å²) < 4.78 is 48.4. The van der Waals surface area contributed by atoms with Crippen molar-refractivity contribution in [3.05, 3.63) is 46.2 Å². The predicted octanol–water partition coefficient (Wildman–Crippen LogP) is 1.58. The molecular weight excluding hydrogens is 365 g/mol. The second-order valence-electron chi connectivity index (χ2n) is 5.22. The number of ketones is 1. The highest BCUT2D eigenvalue weighted by atomic mass is 35.5. The molecule has 1 unspecified atom stereocenters. The van der Waals surface area contributed by atoms with Crippen LogP contribution in [-0.4, -0.2) is 26.4 Å². The van der Waals surface area contributed by atoms with Crippen LogP contribution < -0.4 is 4.72 Å². The van der Waals surface area contributed by atoms with Crippen molar-refractivity contribution in [3.8, 4) is 0 Å². The molecule has 0 bridgehead atoms. The number of halogens is 2. The molecule has 24 heavy (non-hydrogen) atoms. The summed E-state index contributed by atoms with van der Waals surface area (Å²) in [5.41, 5.74) is -1.58. The van der Waals surface area contributed by atoms with Crippen molar-refractivity contribution in [3.63, 3.8) is 0 Å². The summed E-state index contributed by atoms with van der Waals surface area (Å²) >= 11 is 5.71. The van der Waals surface area contributed by atoms with E-state index in [0.29, 0.717) is 0 Å². The summed E-state index contributed by atoms with van der Waals surface area (Å²) in [7, 11) is -3.81. The first-order valence-corrected chi connectivity index (χ1v) is 8.81. The number of esters is 1. The molecule has 1 atom stereocenters. The van der Waals surface area contributed by atoms with E-state index >= 15 is 0 Å². The van der Waals surface area contributed by atoms with E-state index in [2.05, 4.69) is 0 Å². The standard InChI is InChI=1S/C14H13ClFNO6S/c1-7(18)22-11-12(19)14(2,23-13(11)17-24(3,20)21)8-4-5-10(16)9(15)6-8/h4-6,17H,1-3H3. The van der Waals surface area contributed by atoms with Crippen molar-refractivity contribution < 1.29 is 31.9 Å². The van der Waals surface area contributed by atoms with Crippen LogP contribution in [0.2, 0.25) is 5.02 Å². The molecule has 7 nitrogen and oxygen atoms in total. The van der Waals surface area contributed by atoms with Crippen molar-refractivity contribution in [1.82, 2.24) is 4.72 Å². The molecule has 1 N–H and O–H groups in total. The van der Waals surface area contributed by atoms with Gasteiger partial charge in [-0.3, -0.25) is 14.3 Å². The molecule has 0 amide bonds. The Hall–Kier alpha value is -2.13. The molecule has 1 aromatic rings. The highest BCUT2D eigenvalue weighted by molar-refractivity contribution is 7.88. The van der Waals surface area contributed by atoms with Gasteiger partial charge < -0.3 is 9.47 Å². The average Bonchev–Trinajstić information content (AvgIpc) is 2.65. The van der Waals surface area contributed by atoms with Crippen molar-refractivity contribution >= 4 is 33.4 Å². The van der Waals surface area contributed by atoms with Gasteiger partial charge in [0.1, 0.15) is 5.82 Å². The molecule has 1 aromatic carbocycles. The topological polar surface area (TPSA) is 98.8 Å². The lowest BCUT2D eigenvalue weighted by Gasteiger charge is -2.23. The SMILES string of the molecule is CC(=O)OC1=C(NS(C)(=O)=O)OC(C)(c2ccc(F)c(Cl)c2)C1=O. The normalized spacial score (nSPS) is 20.8. The Morgan fingerprint density at radius 2 is 2.04 bits per heavy atom. The Labute approximate surface area is 142 Å². The zero-order valence-corrected chi connectivity index (χ0v) is 14.4. The fourth-order valence-corrected chi connectivity index (χ4v) is 2.72. The first-order valence-electron chi connectivity index (χ1n) is 6.54. The largest absolute Gasteiger partial charge is 0.456 e. The molecule has 0 saturated heterocycles. The van der Waals surface area contributed by atoms with Gasteiger partial charge in [0.15, 0.2) is 5.60 Å². The van der Waals surface area contributed by atoms with Gasteiger partial charge in [0.05, 0.1) is 11.3 Å². The number of benzene rings is 1. The Bertz CT molecular complexity index is 866. The van der Waals surface area contributed by atoms with Crippen LogP contribution in [0.3, 0.4) is 0 Å². The number of carbonyl (C=O) groups excluding carboxylic acids is 2. The molecule has 0 fully saturated rings. The third kappa shape index (κ3) is 3.51. The van der Waals surface area contributed by atoms with Gasteiger partial charge in [-0.05, 0) is 19.1 Å². The summed E-state index contributed by atoms with van der Waals surface area (Å²) in [6, 6.07) is 3.46. The quantitative estimate of drug-likeness (QED) is 0.800. The number of rotatable bonds is 4. The van der Waals surface area contributed by atoms with E-state index in [1.54, 1.807) is 0 Å². The second kappa shape index (κ2) is 6.06. The lowest BCUT2D eigenvalue weighted by Crippen LogP contribution is -2.32. The smallest absolute Gasteiger partial charge is 0.308 e. The minimum Gasteiger partial charge on any atom is -0.456 e. The van der Waals surface area contributed by atoms with E-state index in [0.717, 1.165) is 19.2 Å². The van der Waals surface area contributed by atoms with Crippen molar-refractivity contribution in [1.29, 1.82) is 0 Å². The van der Waals surface area contributed by atoms with E-state index in [1.165, 1.54) is 19.1 Å². The summed E-state index contributed by atoms with van der Waals surface area (Å²) in [5.74, 6) is -3.46. The van der Waals surface area contributed by atoms with Crippen LogP contribution in [0, 0.1) is 5.82 Å². The van der Waals surface area contributed by atoms with E-state index in [9.17, 15) is 22.4 Å². The minimum absolute atomic E-state index is 0.161. The molecule has 0 aromatic heterocycles. The molecule has 10 heteroatoms. The molecule has 1 aliphatic rings. The first kappa shape index (κ1) is 18.2. The van der Waals surface area contributed by atoms with E-state index in [-0.39, 0.29) is 10.6 Å². The molecule has 1 aliphatic heterocycles. The molecular formula is C14H13ClFNO6S. The molecule has 0 saturated carbocycles. The van der Waals surface area contributed by atoms with Crippen LogP contribution in [0.4, 0.5) is 4.39 Å². The van der Waals surface area contributed by atoms with Crippen LogP contribution in [0.15, 0.2) is 29.8 Å². The zero-order valence-electron chi connectivity index (χ0n) is 12.8. The lowest BCUT2D eigenvalue weighted by molar-refractivity contribution is -0.142. The average molecular weight is 378 g/mol. The molecule has 130 valence electrons. The number of sulfonamides is 1. The molecule has 1 heterocycles. The maximum atomic E-state index is 13.3. The van der Waals surface area contributed by atoms with Gasteiger partial charge in [-0.15, -0.1) is 0 Å². The van der Waals surface area contributed by atoms with Crippen LogP contribution in [-0.2, 0) is 34.7 Å². The molecule has 0 spiro atoms. The number of hydrogen-bond donors (Lipinski definition) is 1. The first-order chi connectivity index (χ1) is 10.9. The minimum atomic E-state index is -3.81. The van der Waals surface area contributed by atoms with E-state index in [1.807, 2.05) is 4.72 Å². The maximum Gasteiger partial charge on any atom is 0.308 e. The highest BCUT2D eigenvalue weighted by Gasteiger charge is 2.50. The number of nitrogens with one attached hydrogen (secondary N) is 1. The fraction of sp³-hybridized carbons (Fsp3) is 0.286. The Balaban J connectivity index is 2.51. The fourth-order valence-electron chi connectivity index (χ4n) is 2.07. The van der Waals surface area contributed by atoms with Crippen LogP contribution in [0.1, 0.15) is 19.4 Å². The Morgan fingerprint density at radius 3 is 2.54 bits per heavy atom. The lowest BCUT2D eigenvalue weighted by atomic mass is 9.91. The third-order valence-electron chi connectivity index (χ3n) is 3.15. The highest BCUT2D eigenvalue weighted by Crippen LogP contribution is 2.39. The zero-order chi connectivity index (χ0) is 18.3. The second-order valence-corrected chi connectivity index (χ2v) is 7.38. The maximum absolute atomic E-state index is 13.3. The van der Waals surface area contributed by atoms with Gasteiger partial charge in [0.2, 0.25) is 21.7 Å². The van der Waals surface area contributed by atoms with Gasteiger partial charge in [0, 0.05) is 12.5 Å². The summed E-state index contributed by atoms with van der Waals surface area (Å²) in [6.45, 7) is 2.36. The summed E-state index contributed by atoms with van der Waals surface area (Å²) in [5, 5.41) is -0.247. The third-order valence-corrected chi connectivity index (χ3v) is 3.99. The van der Waals surface area contributed by atoms with Crippen molar-refractivity contribution in [2.24, 2.45) is 0 Å². The van der Waals surface area contributed by atoms with Gasteiger partial charge in [-0.2, -0.15) is 0 Å². The summed E-state index contributed by atoms with van der Waals surface area (Å²) in [6.07, 6.45) is 0.837. The Kier molecular flexibility index (Phi) is 4.60. The number of hydrogen-bond acceptors (Lipinski definition) is 6. The van der Waals surface area contributed by atoms with Crippen molar-refractivity contribution in [2.75, 3.05) is 6.26 Å². The summed E-state index contributed by atoms with van der Waals surface area (Å²) in [4.78, 5) is 23.8. The van der Waals surface area contributed by atoms with Crippen molar-refractivity contribution in [2.45, 2.75) is 19.4 Å². The molecule has 0 radical (unpaired) electrons. The number of Topliss-reactive ketones (excluding diaryl/α,β-unsaturated/α-hetero) is 1. The van der Waals surface area contributed by atoms with Gasteiger partial charge >= 0.3 is 5.97 Å². The monoisotopic (exact) mass is 377 g/mol. The number of ether oxygens (including phenoxy) is 2.